The second kappa shape index (κ2) is 4.01. The van der Waals surface area contributed by atoms with Crippen molar-refractivity contribution in [1.82, 2.24) is 0 Å². The summed E-state index contributed by atoms with van der Waals surface area (Å²) in [5.74, 6) is 0. The first kappa shape index (κ1) is 10.0. The molecular formula is C8H9F3. The lowest BCUT2D eigenvalue weighted by molar-refractivity contribution is -0.0798. The molecule has 0 saturated carbocycles. The molecule has 0 unspecified atom stereocenters. The monoisotopic (exact) mass is 162 g/mol. The molecule has 0 amide bonds. The number of alkyl halides is 3. The molecule has 0 nitrogen and oxygen atoms in total. The van der Waals surface area contributed by atoms with Gasteiger partial charge in [0.2, 0.25) is 0 Å². The van der Waals surface area contributed by atoms with E-state index in [0.29, 0.717) is 5.57 Å². The van der Waals surface area contributed by atoms with Gasteiger partial charge in [-0.1, -0.05) is 30.4 Å². The summed E-state index contributed by atoms with van der Waals surface area (Å²) in [4.78, 5) is 0. The van der Waals surface area contributed by atoms with Crippen molar-refractivity contribution in [3.05, 3.63) is 36.5 Å². The van der Waals surface area contributed by atoms with E-state index in [-0.39, 0.29) is 6.08 Å². The SMILES string of the molecule is C=C/C=C(C)\C=C\C(F)(F)F. The third-order valence-electron chi connectivity index (χ3n) is 0.916. The largest absolute Gasteiger partial charge is 0.409 e. The summed E-state index contributed by atoms with van der Waals surface area (Å²) < 4.78 is 34.5. The first-order chi connectivity index (χ1) is 4.95. The average Bonchev–Trinajstić information content (AvgIpc) is 1.83. The Bertz CT molecular complexity index is 184. The molecule has 0 heterocycles. The Kier molecular flexibility index (Phi) is 3.65. The smallest absolute Gasteiger partial charge is 0.167 e. The number of hydrogen-bond donors (Lipinski definition) is 0. The highest BCUT2D eigenvalue weighted by Crippen LogP contribution is 2.16. The molecule has 0 aliphatic carbocycles. The van der Waals surface area contributed by atoms with Gasteiger partial charge in [-0.05, 0) is 6.92 Å². The fourth-order valence-corrected chi connectivity index (χ4v) is 0.467. The van der Waals surface area contributed by atoms with E-state index in [4.69, 9.17) is 0 Å². The summed E-state index contributed by atoms with van der Waals surface area (Å²) in [6.45, 7) is 4.93. The first-order valence-electron chi connectivity index (χ1n) is 3.01. The lowest BCUT2D eigenvalue weighted by atomic mass is 10.2. The van der Waals surface area contributed by atoms with Crippen LogP contribution < -0.4 is 0 Å². The number of hydrogen-bond acceptors (Lipinski definition) is 0. The molecule has 0 aromatic heterocycles. The maximum atomic E-state index is 11.5. The molecule has 0 spiro atoms. The Labute approximate surface area is 63.7 Å². The zero-order valence-electron chi connectivity index (χ0n) is 6.15. The second-order valence-electron chi connectivity index (χ2n) is 2.02. The van der Waals surface area contributed by atoms with Crippen LogP contribution in [0, 0.1) is 0 Å². The van der Waals surface area contributed by atoms with Crippen LogP contribution in [0.1, 0.15) is 6.92 Å². The van der Waals surface area contributed by atoms with E-state index in [2.05, 4.69) is 6.58 Å². The van der Waals surface area contributed by atoms with E-state index < -0.39 is 6.18 Å². The number of halogens is 3. The van der Waals surface area contributed by atoms with Crippen LogP contribution in [0.3, 0.4) is 0 Å². The van der Waals surface area contributed by atoms with E-state index in [1.54, 1.807) is 6.92 Å². The molecule has 0 aromatic rings. The molecule has 0 N–H and O–H groups in total. The van der Waals surface area contributed by atoms with E-state index >= 15 is 0 Å². The van der Waals surface area contributed by atoms with Crippen LogP contribution >= 0.6 is 0 Å². The minimum atomic E-state index is -4.23. The van der Waals surface area contributed by atoms with Crippen LogP contribution in [0.25, 0.3) is 0 Å². The van der Waals surface area contributed by atoms with Gasteiger partial charge < -0.3 is 0 Å². The summed E-state index contributed by atoms with van der Waals surface area (Å²) in [6, 6.07) is 0. The molecule has 0 aromatic carbocycles. The summed E-state index contributed by atoms with van der Waals surface area (Å²) in [7, 11) is 0. The van der Waals surface area contributed by atoms with Gasteiger partial charge in [-0.3, -0.25) is 0 Å². The molecule has 0 saturated heterocycles. The Morgan fingerprint density at radius 3 is 2.27 bits per heavy atom. The fourth-order valence-electron chi connectivity index (χ4n) is 0.467. The van der Waals surface area contributed by atoms with Crippen LogP contribution in [0.2, 0.25) is 0 Å². The third kappa shape index (κ3) is 6.90. The van der Waals surface area contributed by atoms with Crippen molar-refractivity contribution >= 4 is 0 Å². The van der Waals surface area contributed by atoms with Gasteiger partial charge in [0.25, 0.3) is 0 Å². The maximum absolute atomic E-state index is 11.5. The third-order valence-corrected chi connectivity index (χ3v) is 0.916. The van der Waals surface area contributed by atoms with Crippen molar-refractivity contribution in [3.8, 4) is 0 Å². The van der Waals surface area contributed by atoms with Crippen molar-refractivity contribution in [2.45, 2.75) is 13.1 Å². The maximum Gasteiger partial charge on any atom is 0.409 e. The van der Waals surface area contributed by atoms with Gasteiger partial charge in [0.1, 0.15) is 0 Å². The number of allylic oxidation sites excluding steroid dienone is 5. The van der Waals surface area contributed by atoms with Crippen molar-refractivity contribution in [3.63, 3.8) is 0 Å². The van der Waals surface area contributed by atoms with E-state index in [0.717, 1.165) is 6.08 Å². The van der Waals surface area contributed by atoms with Crippen LogP contribution in [0.4, 0.5) is 13.2 Å². The van der Waals surface area contributed by atoms with E-state index in [1.807, 2.05) is 0 Å². The second-order valence-corrected chi connectivity index (χ2v) is 2.02. The molecule has 0 atom stereocenters. The summed E-state index contributed by atoms with van der Waals surface area (Å²) >= 11 is 0. The number of rotatable bonds is 2. The van der Waals surface area contributed by atoms with Gasteiger partial charge in [-0.15, -0.1) is 0 Å². The van der Waals surface area contributed by atoms with E-state index in [1.165, 1.54) is 12.2 Å². The molecule has 0 rings (SSSR count). The lowest BCUT2D eigenvalue weighted by Crippen LogP contribution is -2.00. The molecule has 0 aliphatic rings. The van der Waals surface area contributed by atoms with Crippen LogP contribution in [-0.2, 0) is 0 Å². The van der Waals surface area contributed by atoms with Gasteiger partial charge in [-0.2, -0.15) is 13.2 Å². The predicted molar refractivity (Wildman–Crippen MR) is 39.1 cm³/mol. The Balaban J connectivity index is 4.14. The zero-order chi connectivity index (χ0) is 8.91. The Hall–Kier alpha value is -0.990. The molecule has 11 heavy (non-hydrogen) atoms. The van der Waals surface area contributed by atoms with Gasteiger partial charge in [-0.25, -0.2) is 0 Å². The first-order valence-corrected chi connectivity index (χ1v) is 3.01. The van der Waals surface area contributed by atoms with Gasteiger partial charge in [0, 0.05) is 6.08 Å². The van der Waals surface area contributed by atoms with Crippen molar-refractivity contribution in [1.29, 1.82) is 0 Å². The highest BCUT2D eigenvalue weighted by molar-refractivity contribution is 5.21. The lowest BCUT2D eigenvalue weighted by Gasteiger charge is -1.96. The quantitative estimate of drug-likeness (QED) is 0.547. The molecule has 3 heteroatoms. The van der Waals surface area contributed by atoms with Crippen molar-refractivity contribution in [2.24, 2.45) is 0 Å². The average molecular weight is 162 g/mol. The topological polar surface area (TPSA) is 0 Å². The minimum Gasteiger partial charge on any atom is -0.167 e. The normalized spacial score (nSPS) is 14.0. The Morgan fingerprint density at radius 2 is 1.91 bits per heavy atom. The molecule has 0 aliphatic heterocycles. The van der Waals surface area contributed by atoms with E-state index in [9.17, 15) is 13.2 Å². The highest BCUT2D eigenvalue weighted by Gasteiger charge is 2.21. The molecule has 0 fully saturated rings. The zero-order valence-corrected chi connectivity index (χ0v) is 6.15. The summed E-state index contributed by atoms with van der Waals surface area (Å²) in [5, 5.41) is 0. The highest BCUT2D eigenvalue weighted by atomic mass is 19.4. The molecular weight excluding hydrogens is 153 g/mol. The summed E-state index contributed by atoms with van der Waals surface area (Å²) in [5.41, 5.74) is 0.525. The molecule has 0 radical (unpaired) electrons. The fraction of sp³-hybridized carbons (Fsp3) is 0.250. The van der Waals surface area contributed by atoms with Gasteiger partial charge >= 0.3 is 6.18 Å². The standard InChI is InChI=1S/C8H9F3/c1-3-4-7(2)5-6-8(9,10)11/h3-6H,1H2,2H3/b6-5+,7-4-. The molecule has 0 bridgehead atoms. The van der Waals surface area contributed by atoms with Crippen LogP contribution in [0.5, 0.6) is 0 Å². The minimum absolute atomic E-state index is 0.197. The summed E-state index contributed by atoms with van der Waals surface area (Å²) in [6.07, 6.45) is -0.0848. The van der Waals surface area contributed by atoms with Crippen molar-refractivity contribution < 1.29 is 13.2 Å². The van der Waals surface area contributed by atoms with Gasteiger partial charge in [0.05, 0.1) is 0 Å². The predicted octanol–water partition coefficient (Wildman–Crippen LogP) is 3.24. The Morgan fingerprint density at radius 1 is 1.36 bits per heavy atom. The van der Waals surface area contributed by atoms with Crippen LogP contribution in [-0.4, -0.2) is 6.18 Å². The van der Waals surface area contributed by atoms with Crippen LogP contribution in [0.15, 0.2) is 36.5 Å². The van der Waals surface area contributed by atoms with Crippen molar-refractivity contribution in [2.75, 3.05) is 0 Å². The van der Waals surface area contributed by atoms with Gasteiger partial charge in [0.15, 0.2) is 0 Å². The molecule has 62 valence electrons.